The molecular weight excluding hydrogens is 340 g/mol. The molecule has 5 nitrogen and oxygen atoms in total. The second-order valence-corrected chi connectivity index (χ2v) is 7.27. The van der Waals surface area contributed by atoms with Gasteiger partial charge in [0.25, 0.3) is 0 Å². The summed E-state index contributed by atoms with van der Waals surface area (Å²) in [6.07, 6.45) is 0.343. The summed E-state index contributed by atoms with van der Waals surface area (Å²) in [6.45, 7) is 6.85. The van der Waals surface area contributed by atoms with Crippen LogP contribution in [0.25, 0.3) is 0 Å². The van der Waals surface area contributed by atoms with Gasteiger partial charge in [0.2, 0.25) is 11.8 Å². The Kier molecular flexibility index (Phi) is 5.79. The van der Waals surface area contributed by atoms with Crippen LogP contribution in [0.3, 0.4) is 0 Å². The van der Waals surface area contributed by atoms with E-state index in [1.807, 2.05) is 69.3 Å². The number of amides is 2. The van der Waals surface area contributed by atoms with Crippen molar-refractivity contribution >= 4 is 17.5 Å². The lowest BCUT2D eigenvalue weighted by Crippen LogP contribution is -2.32. The first-order valence-electron chi connectivity index (χ1n) is 9.32. The average Bonchev–Trinajstić information content (AvgIpc) is 3.02. The molecule has 0 saturated carbocycles. The molecule has 1 heterocycles. The Labute approximate surface area is 160 Å². The molecule has 3 rings (SSSR count). The number of nitrogens with zero attached hydrogens (tertiary/aromatic N) is 1. The lowest BCUT2D eigenvalue weighted by molar-refractivity contribution is -0.126. The number of hydrogen-bond donors (Lipinski definition) is 1. The molecule has 2 amide bonds. The third-order valence-electron chi connectivity index (χ3n) is 4.57. The number of hydrogen-bond acceptors (Lipinski definition) is 3. The van der Waals surface area contributed by atoms with Gasteiger partial charge in [-0.3, -0.25) is 9.59 Å². The second kappa shape index (κ2) is 8.25. The molecule has 1 aliphatic rings. The third kappa shape index (κ3) is 4.88. The molecule has 1 N–H and O–H groups in total. The molecule has 1 atom stereocenters. The Balaban J connectivity index is 1.58. The van der Waals surface area contributed by atoms with E-state index in [1.165, 1.54) is 0 Å². The van der Waals surface area contributed by atoms with Gasteiger partial charge >= 0.3 is 0 Å². The molecule has 0 spiro atoms. The number of carbonyl (C=O) groups is 2. The number of aryl methyl sites for hydroxylation is 1. The van der Waals surface area contributed by atoms with Crippen molar-refractivity contribution in [2.24, 2.45) is 5.92 Å². The number of carbonyl (C=O) groups excluding carboxylic acids is 2. The summed E-state index contributed by atoms with van der Waals surface area (Å²) in [5.41, 5.74) is 3.02. The van der Waals surface area contributed by atoms with Crippen molar-refractivity contribution in [2.45, 2.75) is 39.8 Å². The van der Waals surface area contributed by atoms with Crippen LogP contribution in [-0.2, 0) is 16.1 Å². The van der Waals surface area contributed by atoms with E-state index in [1.54, 1.807) is 4.90 Å². The highest BCUT2D eigenvalue weighted by Crippen LogP contribution is 2.27. The standard InChI is InChI=1S/C22H26N2O3/c1-15(2)27-20-9-7-19(8-10-20)24-14-18(12-21(24)25)22(26)23-13-17-6-4-5-16(3)11-17/h4-11,15,18H,12-14H2,1-3H3,(H,23,26). The van der Waals surface area contributed by atoms with E-state index in [0.717, 1.165) is 22.6 Å². The lowest BCUT2D eigenvalue weighted by atomic mass is 10.1. The van der Waals surface area contributed by atoms with Crippen molar-refractivity contribution in [1.82, 2.24) is 5.32 Å². The van der Waals surface area contributed by atoms with Crippen LogP contribution in [0.2, 0.25) is 0 Å². The fourth-order valence-corrected chi connectivity index (χ4v) is 3.27. The van der Waals surface area contributed by atoms with Crippen LogP contribution in [-0.4, -0.2) is 24.5 Å². The minimum atomic E-state index is -0.325. The Morgan fingerprint density at radius 1 is 1.22 bits per heavy atom. The summed E-state index contributed by atoms with van der Waals surface area (Å²) < 4.78 is 5.63. The molecule has 0 aromatic heterocycles. The molecule has 0 aliphatic carbocycles. The Bertz CT molecular complexity index is 815. The molecule has 0 radical (unpaired) electrons. The summed E-state index contributed by atoms with van der Waals surface area (Å²) in [6, 6.07) is 15.5. The minimum absolute atomic E-state index is 0.0248. The van der Waals surface area contributed by atoms with Crippen LogP contribution < -0.4 is 15.0 Å². The number of benzene rings is 2. The summed E-state index contributed by atoms with van der Waals surface area (Å²) in [7, 11) is 0. The van der Waals surface area contributed by atoms with Crippen LogP contribution in [0.15, 0.2) is 48.5 Å². The van der Waals surface area contributed by atoms with Crippen LogP contribution in [0.1, 0.15) is 31.4 Å². The van der Waals surface area contributed by atoms with Gasteiger partial charge in [-0.2, -0.15) is 0 Å². The van der Waals surface area contributed by atoms with Gasteiger partial charge in [-0.1, -0.05) is 29.8 Å². The molecule has 5 heteroatoms. The number of ether oxygens (including phenoxy) is 1. The monoisotopic (exact) mass is 366 g/mol. The number of nitrogens with one attached hydrogen (secondary N) is 1. The highest BCUT2D eigenvalue weighted by Gasteiger charge is 2.35. The zero-order chi connectivity index (χ0) is 19.4. The predicted octanol–water partition coefficient (Wildman–Crippen LogP) is 3.45. The topological polar surface area (TPSA) is 58.6 Å². The second-order valence-electron chi connectivity index (χ2n) is 7.27. The summed E-state index contributed by atoms with van der Waals surface area (Å²) >= 11 is 0. The third-order valence-corrected chi connectivity index (χ3v) is 4.57. The maximum absolute atomic E-state index is 12.5. The van der Waals surface area contributed by atoms with Crippen molar-refractivity contribution < 1.29 is 14.3 Å². The van der Waals surface area contributed by atoms with Gasteiger partial charge in [-0.15, -0.1) is 0 Å². The molecule has 1 aliphatic heterocycles. The molecule has 2 aromatic carbocycles. The van der Waals surface area contributed by atoms with Gasteiger partial charge < -0.3 is 15.0 Å². The van der Waals surface area contributed by atoms with Crippen LogP contribution in [0.4, 0.5) is 5.69 Å². The number of rotatable bonds is 6. The minimum Gasteiger partial charge on any atom is -0.491 e. The van der Waals surface area contributed by atoms with Gasteiger partial charge in [0, 0.05) is 25.2 Å². The highest BCUT2D eigenvalue weighted by molar-refractivity contribution is 6.00. The van der Waals surface area contributed by atoms with Gasteiger partial charge in [-0.05, 0) is 50.6 Å². The van der Waals surface area contributed by atoms with E-state index in [4.69, 9.17) is 4.74 Å². The first-order chi connectivity index (χ1) is 12.9. The maximum Gasteiger partial charge on any atom is 0.227 e. The van der Waals surface area contributed by atoms with Gasteiger partial charge in [0.1, 0.15) is 5.75 Å². The molecule has 1 saturated heterocycles. The van der Waals surface area contributed by atoms with Gasteiger partial charge in [0.05, 0.1) is 12.0 Å². The first-order valence-corrected chi connectivity index (χ1v) is 9.32. The van der Waals surface area contributed by atoms with Crippen molar-refractivity contribution in [1.29, 1.82) is 0 Å². The Hall–Kier alpha value is -2.82. The van der Waals surface area contributed by atoms with E-state index >= 15 is 0 Å². The van der Waals surface area contributed by atoms with Gasteiger partial charge in [-0.25, -0.2) is 0 Å². The summed E-state index contributed by atoms with van der Waals surface area (Å²) in [5, 5.41) is 2.95. The molecule has 1 fully saturated rings. The first kappa shape index (κ1) is 19.0. The van der Waals surface area contributed by atoms with Crippen LogP contribution >= 0.6 is 0 Å². The van der Waals surface area contributed by atoms with E-state index in [0.29, 0.717) is 13.1 Å². The largest absolute Gasteiger partial charge is 0.491 e. The molecule has 0 bridgehead atoms. The lowest BCUT2D eigenvalue weighted by Gasteiger charge is -2.18. The number of anilines is 1. The molecule has 27 heavy (non-hydrogen) atoms. The molecular formula is C22H26N2O3. The van der Waals surface area contributed by atoms with E-state index in [9.17, 15) is 9.59 Å². The molecule has 1 unspecified atom stereocenters. The summed E-state index contributed by atoms with van der Waals surface area (Å²) in [5.74, 6) is 0.345. The van der Waals surface area contributed by atoms with Crippen LogP contribution in [0.5, 0.6) is 5.75 Å². The quantitative estimate of drug-likeness (QED) is 0.852. The SMILES string of the molecule is Cc1cccc(CNC(=O)C2CC(=O)N(c3ccc(OC(C)C)cc3)C2)c1. The zero-order valence-electron chi connectivity index (χ0n) is 16.1. The van der Waals surface area contributed by atoms with E-state index in [2.05, 4.69) is 5.32 Å². The van der Waals surface area contributed by atoms with Gasteiger partial charge in [0.15, 0.2) is 0 Å². The van der Waals surface area contributed by atoms with Crippen molar-refractivity contribution in [3.63, 3.8) is 0 Å². The normalized spacial score (nSPS) is 16.7. The van der Waals surface area contributed by atoms with Crippen molar-refractivity contribution in [3.8, 4) is 5.75 Å². The zero-order valence-corrected chi connectivity index (χ0v) is 16.1. The Morgan fingerprint density at radius 3 is 2.63 bits per heavy atom. The fourth-order valence-electron chi connectivity index (χ4n) is 3.27. The van der Waals surface area contributed by atoms with Crippen molar-refractivity contribution in [2.75, 3.05) is 11.4 Å². The smallest absolute Gasteiger partial charge is 0.227 e. The highest BCUT2D eigenvalue weighted by atomic mass is 16.5. The Morgan fingerprint density at radius 2 is 1.96 bits per heavy atom. The van der Waals surface area contributed by atoms with Crippen LogP contribution in [0, 0.1) is 12.8 Å². The average molecular weight is 366 g/mol. The fraction of sp³-hybridized carbons (Fsp3) is 0.364. The summed E-state index contributed by atoms with van der Waals surface area (Å²) in [4.78, 5) is 26.6. The van der Waals surface area contributed by atoms with Crippen molar-refractivity contribution in [3.05, 3.63) is 59.7 Å². The van der Waals surface area contributed by atoms with E-state index in [-0.39, 0.29) is 30.3 Å². The molecule has 142 valence electrons. The maximum atomic E-state index is 12.5. The van der Waals surface area contributed by atoms with E-state index < -0.39 is 0 Å². The molecule has 2 aromatic rings. The predicted molar refractivity (Wildman–Crippen MR) is 106 cm³/mol.